The average molecular weight is 240 g/mol. The second-order valence-corrected chi connectivity index (χ2v) is 4.11. The van der Waals surface area contributed by atoms with Crippen LogP contribution in [0.2, 0.25) is 0 Å². The summed E-state index contributed by atoms with van der Waals surface area (Å²) in [4.78, 5) is 11.0. The predicted octanol–water partition coefficient (Wildman–Crippen LogP) is 2.44. The fourth-order valence-electron chi connectivity index (χ4n) is 1.78. The molecule has 0 spiro atoms. The lowest BCUT2D eigenvalue weighted by Crippen LogP contribution is -2.11. The van der Waals surface area contributed by atoms with Crippen LogP contribution in [-0.4, -0.2) is 12.5 Å². The van der Waals surface area contributed by atoms with Crippen LogP contribution in [0, 0.1) is 0 Å². The number of benzene rings is 2. The molecular weight excluding hydrogens is 224 g/mol. The molecule has 2 aromatic rings. The molecule has 0 saturated carbocycles. The van der Waals surface area contributed by atoms with Gasteiger partial charge in [0, 0.05) is 17.8 Å². The Bertz CT molecular complexity index is 523. The number of hydrogen-bond donors (Lipinski definition) is 2. The topological polar surface area (TPSA) is 55.1 Å². The van der Waals surface area contributed by atoms with Gasteiger partial charge in [0.15, 0.2) is 0 Å². The van der Waals surface area contributed by atoms with Crippen LogP contribution < -0.4 is 11.1 Å². The Morgan fingerprint density at radius 1 is 1.06 bits per heavy atom. The summed E-state index contributed by atoms with van der Waals surface area (Å²) in [6.45, 7) is 0.826. The van der Waals surface area contributed by atoms with Crippen molar-refractivity contribution < 1.29 is 4.79 Å². The van der Waals surface area contributed by atoms with E-state index in [4.69, 9.17) is 5.73 Å². The van der Waals surface area contributed by atoms with Crippen LogP contribution in [0.25, 0.3) is 0 Å². The van der Waals surface area contributed by atoms with Crippen LogP contribution in [0.1, 0.15) is 15.9 Å². The first-order valence-corrected chi connectivity index (χ1v) is 5.93. The van der Waals surface area contributed by atoms with E-state index in [1.807, 2.05) is 30.3 Å². The Morgan fingerprint density at radius 3 is 2.56 bits per heavy atom. The van der Waals surface area contributed by atoms with Crippen LogP contribution in [0.4, 0.5) is 5.69 Å². The molecule has 0 radical (unpaired) electrons. The van der Waals surface area contributed by atoms with Crippen molar-refractivity contribution in [1.82, 2.24) is 0 Å². The zero-order valence-electron chi connectivity index (χ0n) is 10.1. The molecule has 0 heterocycles. The van der Waals surface area contributed by atoms with E-state index in [9.17, 15) is 4.79 Å². The second-order valence-electron chi connectivity index (χ2n) is 4.11. The molecule has 0 unspecified atom stereocenters. The van der Waals surface area contributed by atoms with E-state index >= 15 is 0 Å². The van der Waals surface area contributed by atoms with Crippen molar-refractivity contribution >= 4 is 11.6 Å². The Hall–Kier alpha value is -2.29. The van der Waals surface area contributed by atoms with Crippen LogP contribution in [0.5, 0.6) is 0 Å². The third-order valence-corrected chi connectivity index (χ3v) is 2.73. The molecule has 0 saturated heterocycles. The van der Waals surface area contributed by atoms with Gasteiger partial charge >= 0.3 is 0 Å². The van der Waals surface area contributed by atoms with Crippen molar-refractivity contribution in [3.63, 3.8) is 0 Å². The Labute approximate surface area is 107 Å². The van der Waals surface area contributed by atoms with Gasteiger partial charge in [-0.3, -0.25) is 4.79 Å². The molecule has 18 heavy (non-hydrogen) atoms. The number of carbonyl (C=O) groups excluding carboxylic acids is 1. The highest BCUT2D eigenvalue weighted by Gasteiger charge is 2.00. The third kappa shape index (κ3) is 3.35. The first kappa shape index (κ1) is 12.2. The van der Waals surface area contributed by atoms with Crippen LogP contribution in [0.3, 0.4) is 0 Å². The Kier molecular flexibility index (Phi) is 3.97. The molecule has 0 fully saturated rings. The lowest BCUT2D eigenvalue weighted by Gasteiger charge is -2.07. The summed E-state index contributed by atoms with van der Waals surface area (Å²) in [5.41, 5.74) is 7.97. The van der Waals surface area contributed by atoms with Crippen molar-refractivity contribution in [2.24, 2.45) is 5.73 Å². The molecule has 0 atom stereocenters. The molecule has 3 nitrogen and oxygen atoms in total. The van der Waals surface area contributed by atoms with Crippen molar-refractivity contribution in [2.45, 2.75) is 6.42 Å². The average Bonchev–Trinajstić information content (AvgIpc) is 2.40. The van der Waals surface area contributed by atoms with E-state index in [0.717, 1.165) is 18.7 Å². The van der Waals surface area contributed by atoms with Crippen molar-refractivity contribution in [3.8, 4) is 0 Å². The first-order valence-electron chi connectivity index (χ1n) is 5.93. The zero-order chi connectivity index (χ0) is 12.8. The highest BCUT2D eigenvalue weighted by atomic mass is 16.1. The fourth-order valence-corrected chi connectivity index (χ4v) is 1.78. The van der Waals surface area contributed by atoms with Gasteiger partial charge in [0.2, 0.25) is 5.91 Å². The van der Waals surface area contributed by atoms with E-state index in [1.165, 1.54) is 5.56 Å². The molecule has 0 bridgehead atoms. The minimum atomic E-state index is -0.401. The van der Waals surface area contributed by atoms with Crippen molar-refractivity contribution in [2.75, 3.05) is 11.9 Å². The highest BCUT2D eigenvalue weighted by Crippen LogP contribution is 2.10. The molecule has 1 amide bonds. The number of primary amides is 1. The summed E-state index contributed by atoms with van der Waals surface area (Å²) in [6, 6.07) is 17.5. The normalized spacial score (nSPS) is 10.0. The minimum absolute atomic E-state index is 0.401. The van der Waals surface area contributed by atoms with Crippen LogP contribution in [0.15, 0.2) is 54.6 Å². The van der Waals surface area contributed by atoms with Gasteiger partial charge in [-0.2, -0.15) is 0 Å². The summed E-state index contributed by atoms with van der Waals surface area (Å²) < 4.78 is 0. The van der Waals surface area contributed by atoms with Gasteiger partial charge in [0.25, 0.3) is 0 Å². The summed E-state index contributed by atoms with van der Waals surface area (Å²) in [5, 5.41) is 3.28. The van der Waals surface area contributed by atoms with Crippen molar-refractivity contribution in [3.05, 3.63) is 65.7 Å². The van der Waals surface area contributed by atoms with E-state index in [-0.39, 0.29) is 0 Å². The van der Waals surface area contributed by atoms with Gasteiger partial charge in [-0.05, 0) is 30.2 Å². The lowest BCUT2D eigenvalue weighted by molar-refractivity contribution is 0.100. The number of hydrogen-bond acceptors (Lipinski definition) is 2. The summed E-state index contributed by atoms with van der Waals surface area (Å²) in [7, 11) is 0. The Balaban J connectivity index is 1.90. The highest BCUT2D eigenvalue weighted by molar-refractivity contribution is 5.93. The van der Waals surface area contributed by atoms with Gasteiger partial charge in [-0.15, -0.1) is 0 Å². The summed E-state index contributed by atoms with van der Waals surface area (Å²) in [5.74, 6) is -0.401. The lowest BCUT2D eigenvalue weighted by atomic mass is 10.1. The van der Waals surface area contributed by atoms with Gasteiger partial charge in [-0.25, -0.2) is 0 Å². The number of nitrogens with one attached hydrogen (secondary N) is 1. The van der Waals surface area contributed by atoms with Crippen LogP contribution >= 0.6 is 0 Å². The third-order valence-electron chi connectivity index (χ3n) is 2.73. The Morgan fingerprint density at radius 2 is 1.83 bits per heavy atom. The van der Waals surface area contributed by atoms with Gasteiger partial charge in [-0.1, -0.05) is 36.4 Å². The predicted molar refractivity (Wildman–Crippen MR) is 73.6 cm³/mol. The quantitative estimate of drug-likeness (QED) is 0.843. The molecule has 3 N–H and O–H groups in total. The van der Waals surface area contributed by atoms with Crippen molar-refractivity contribution in [1.29, 1.82) is 0 Å². The molecule has 0 aliphatic heterocycles. The van der Waals surface area contributed by atoms with E-state index < -0.39 is 5.91 Å². The first-order chi connectivity index (χ1) is 8.75. The molecular formula is C15H16N2O. The zero-order valence-corrected chi connectivity index (χ0v) is 10.1. The molecule has 2 aromatic carbocycles. The van der Waals surface area contributed by atoms with Gasteiger partial charge < -0.3 is 11.1 Å². The van der Waals surface area contributed by atoms with E-state index in [1.54, 1.807) is 12.1 Å². The number of rotatable bonds is 5. The SMILES string of the molecule is NC(=O)c1cccc(NCCc2ccccc2)c1. The monoisotopic (exact) mass is 240 g/mol. The number of nitrogens with two attached hydrogens (primary N) is 1. The maximum absolute atomic E-state index is 11.0. The molecule has 92 valence electrons. The summed E-state index contributed by atoms with van der Waals surface area (Å²) >= 11 is 0. The standard InChI is InChI=1S/C15H16N2O/c16-15(18)13-7-4-8-14(11-13)17-10-9-12-5-2-1-3-6-12/h1-8,11,17H,9-10H2,(H2,16,18). The smallest absolute Gasteiger partial charge is 0.248 e. The largest absolute Gasteiger partial charge is 0.385 e. The van der Waals surface area contributed by atoms with E-state index in [0.29, 0.717) is 5.56 Å². The van der Waals surface area contributed by atoms with Gasteiger partial charge in [0.05, 0.1) is 0 Å². The molecule has 0 aromatic heterocycles. The fraction of sp³-hybridized carbons (Fsp3) is 0.133. The molecule has 3 heteroatoms. The van der Waals surface area contributed by atoms with Crippen LogP contribution in [-0.2, 0) is 6.42 Å². The summed E-state index contributed by atoms with van der Waals surface area (Å²) in [6.07, 6.45) is 0.946. The van der Waals surface area contributed by atoms with E-state index in [2.05, 4.69) is 17.4 Å². The molecule has 0 aliphatic carbocycles. The molecule has 2 rings (SSSR count). The number of anilines is 1. The number of carbonyl (C=O) groups is 1. The number of amides is 1. The second kappa shape index (κ2) is 5.87. The van der Waals surface area contributed by atoms with Gasteiger partial charge in [0.1, 0.15) is 0 Å². The maximum Gasteiger partial charge on any atom is 0.248 e. The minimum Gasteiger partial charge on any atom is -0.385 e. The molecule has 0 aliphatic rings. The maximum atomic E-state index is 11.0.